The van der Waals surface area contributed by atoms with Crippen molar-refractivity contribution in [2.75, 3.05) is 25.2 Å². The van der Waals surface area contributed by atoms with Crippen LogP contribution in [0.4, 0.5) is 5.82 Å². The molecule has 1 heterocycles. The molecule has 0 aliphatic heterocycles. The number of aliphatic hydroxyl groups is 1. The number of nitrogens with zero attached hydrogens (tertiary/aromatic N) is 2. The molecular weight excluding hydrogens is 264 g/mol. The van der Waals surface area contributed by atoms with E-state index in [0.717, 1.165) is 35.2 Å². The highest BCUT2D eigenvalue weighted by Gasteiger charge is 2.18. The SMILES string of the molecule is CCC(CC)N(CCO)c1nccc2ccc(OC)cc12. The van der Waals surface area contributed by atoms with Gasteiger partial charge in [-0.2, -0.15) is 0 Å². The topological polar surface area (TPSA) is 45.6 Å². The van der Waals surface area contributed by atoms with Gasteiger partial charge in [0.05, 0.1) is 13.7 Å². The number of methoxy groups -OCH3 is 1. The first-order valence-corrected chi connectivity index (χ1v) is 7.55. The highest BCUT2D eigenvalue weighted by atomic mass is 16.5. The van der Waals surface area contributed by atoms with Crippen LogP contribution < -0.4 is 9.64 Å². The Kier molecular flexibility index (Phi) is 5.39. The van der Waals surface area contributed by atoms with E-state index in [0.29, 0.717) is 12.6 Å². The van der Waals surface area contributed by atoms with Crippen LogP contribution in [0.2, 0.25) is 0 Å². The Morgan fingerprint density at radius 1 is 1.24 bits per heavy atom. The van der Waals surface area contributed by atoms with Gasteiger partial charge in [0.25, 0.3) is 0 Å². The van der Waals surface area contributed by atoms with Crippen molar-refractivity contribution in [3.8, 4) is 5.75 Å². The Hall–Kier alpha value is -1.81. The average molecular weight is 288 g/mol. The van der Waals surface area contributed by atoms with Gasteiger partial charge >= 0.3 is 0 Å². The number of ether oxygens (including phenoxy) is 1. The van der Waals surface area contributed by atoms with Gasteiger partial charge in [-0.25, -0.2) is 4.98 Å². The minimum absolute atomic E-state index is 0.124. The standard InChI is InChI=1S/C17H24N2O2/c1-4-14(5-2)19(10-11-20)17-16-12-15(21-3)7-6-13(16)8-9-18-17/h6-9,12,14,20H,4-5,10-11H2,1-3H3. The zero-order valence-electron chi connectivity index (χ0n) is 13.0. The Bertz CT molecular complexity index is 582. The zero-order chi connectivity index (χ0) is 15.2. The number of benzene rings is 1. The Morgan fingerprint density at radius 3 is 2.62 bits per heavy atom. The highest BCUT2D eigenvalue weighted by Crippen LogP contribution is 2.30. The van der Waals surface area contributed by atoms with E-state index in [1.54, 1.807) is 7.11 Å². The third kappa shape index (κ3) is 3.27. The molecule has 0 aliphatic carbocycles. The van der Waals surface area contributed by atoms with E-state index < -0.39 is 0 Å². The van der Waals surface area contributed by atoms with Crippen molar-refractivity contribution in [2.45, 2.75) is 32.7 Å². The fourth-order valence-corrected chi connectivity index (χ4v) is 2.79. The number of rotatable bonds is 7. The molecule has 0 spiro atoms. The molecular formula is C17H24N2O2. The number of pyridine rings is 1. The molecule has 2 rings (SSSR count). The summed E-state index contributed by atoms with van der Waals surface area (Å²) in [5, 5.41) is 11.6. The Balaban J connectivity index is 2.55. The summed E-state index contributed by atoms with van der Waals surface area (Å²) in [6.45, 7) is 5.06. The van der Waals surface area contributed by atoms with Crippen LogP contribution >= 0.6 is 0 Å². The predicted molar refractivity (Wildman–Crippen MR) is 87.1 cm³/mol. The smallest absolute Gasteiger partial charge is 0.136 e. The lowest BCUT2D eigenvalue weighted by Crippen LogP contribution is -2.37. The van der Waals surface area contributed by atoms with Crippen LogP contribution in [0, 0.1) is 0 Å². The fraction of sp³-hybridized carbons (Fsp3) is 0.471. The van der Waals surface area contributed by atoms with Crippen molar-refractivity contribution in [3.05, 3.63) is 30.5 Å². The molecule has 0 atom stereocenters. The maximum atomic E-state index is 9.42. The second kappa shape index (κ2) is 7.27. The van der Waals surface area contributed by atoms with Gasteiger partial charge in [0.1, 0.15) is 11.6 Å². The molecule has 21 heavy (non-hydrogen) atoms. The minimum Gasteiger partial charge on any atom is -0.497 e. The minimum atomic E-state index is 0.124. The van der Waals surface area contributed by atoms with Gasteiger partial charge in [0, 0.05) is 24.2 Å². The molecule has 1 aromatic carbocycles. The van der Waals surface area contributed by atoms with E-state index >= 15 is 0 Å². The largest absolute Gasteiger partial charge is 0.497 e. The van der Waals surface area contributed by atoms with E-state index in [1.165, 1.54) is 0 Å². The second-order valence-electron chi connectivity index (χ2n) is 5.11. The summed E-state index contributed by atoms with van der Waals surface area (Å²) in [5.41, 5.74) is 0. The van der Waals surface area contributed by atoms with Crippen molar-refractivity contribution in [1.29, 1.82) is 0 Å². The van der Waals surface area contributed by atoms with Gasteiger partial charge in [0.2, 0.25) is 0 Å². The first-order valence-electron chi connectivity index (χ1n) is 7.55. The quantitative estimate of drug-likeness (QED) is 0.849. The molecule has 0 radical (unpaired) electrons. The third-order valence-corrected chi connectivity index (χ3v) is 3.95. The maximum absolute atomic E-state index is 9.42. The highest BCUT2D eigenvalue weighted by molar-refractivity contribution is 5.93. The second-order valence-corrected chi connectivity index (χ2v) is 5.11. The lowest BCUT2D eigenvalue weighted by molar-refractivity contribution is 0.295. The van der Waals surface area contributed by atoms with Gasteiger partial charge in [0.15, 0.2) is 0 Å². The first kappa shape index (κ1) is 15.6. The molecule has 4 nitrogen and oxygen atoms in total. The summed E-state index contributed by atoms with van der Waals surface area (Å²) in [6.07, 6.45) is 3.88. The number of aliphatic hydroxyl groups excluding tert-OH is 1. The summed E-state index contributed by atoms with van der Waals surface area (Å²) >= 11 is 0. The number of aromatic nitrogens is 1. The summed E-state index contributed by atoms with van der Waals surface area (Å²) in [6, 6.07) is 8.40. The fourth-order valence-electron chi connectivity index (χ4n) is 2.79. The first-order chi connectivity index (χ1) is 10.2. The van der Waals surface area contributed by atoms with Gasteiger partial charge in [-0.15, -0.1) is 0 Å². The molecule has 2 aromatic rings. The van der Waals surface area contributed by atoms with Crippen molar-refractivity contribution in [1.82, 2.24) is 4.98 Å². The molecule has 114 valence electrons. The van der Waals surface area contributed by atoms with E-state index in [1.807, 2.05) is 30.5 Å². The summed E-state index contributed by atoms with van der Waals surface area (Å²) in [4.78, 5) is 6.79. The monoisotopic (exact) mass is 288 g/mol. The lowest BCUT2D eigenvalue weighted by atomic mass is 10.1. The number of anilines is 1. The summed E-state index contributed by atoms with van der Waals surface area (Å²) < 4.78 is 5.33. The maximum Gasteiger partial charge on any atom is 0.136 e. The molecule has 0 saturated heterocycles. The molecule has 0 amide bonds. The molecule has 0 aliphatic rings. The number of hydrogen-bond acceptors (Lipinski definition) is 4. The van der Waals surface area contributed by atoms with Crippen LogP contribution in [0.3, 0.4) is 0 Å². The number of fused-ring (bicyclic) bond motifs is 1. The van der Waals surface area contributed by atoms with E-state index in [4.69, 9.17) is 4.74 Å². The molecule has 0 unspecified atom stereocenters. The van der Waals surface area contributed by atoms with E-state index in [9.17, 15) is 5.11 Å². The van der Waals surface area contributed by atoms with Crippen LogP contribution in [-0.4, -0.2) is 36.4 Å². The molecule has 1 aromatic heterocycles. The van der Waals surface area contributed by atoms with Gasteiger partial charge in [-0.3, -0.25) is 0 Å². The normalized spacial score (nSPS) is 11.1. The third-order valence-electron chi connectivity index (χ3n) is 3.95. The van der Waals surface area contributed by atoms with Gasteiger partial charge < -0.3 is 14.7 Å². The zero-order valence-corrected chi connectivity index (χ0v) is 13.0. The number of hydrogen-bond donors (Lipinski definition) is 1. The van der Waals surface area contributed by atoms with Gasteiger partial charge in [-0.05, 0) is 36.4 Å². The summed E-state index contributed by atoms with van der Waals surface area (Å²) in [7, 11) is 1.67. The molecule has 0 bridgehead atoms. The van der Waals surface area contributed by atoms with Crippen LogP contribution in [-0.2, 0) is 0 Å². The Labute approximate surface area is 126 Å². The summed E-state index contributed by atoms with van der Waals surface area (Å²) in [5.74, 6) is 1.75. The van der Waals surface area contributed by atoms with Crippen molar-refractivity contribution >= 4 is 16.6 Å². The van der Waals surface area contributed by atoms with Crippen molar-refractivity contribution in [3.63, 3.8) is 0 Å². The molecule has 0 fully saturated rings. The van der Waals surface area contributed by atoms with Crippen LogP contribution in [0.1, 0.15) is 26.7 Å². The van der Waals surface area contributed by atoms with Crippen LogP contribution in [0.5, 0.6) is 5.75 Å². The molecule has 1 N–H and O–H groups in total. The van der Waals surface area contributed by atoms with Gasteiger partial charge in [-0.1, -0.05) is 19.9 Å². The van der Waals surface area contributed by atoms with Crippen LogP contribution in [0.25, 0.3) is 10.8 Å². The molecule has 4 heteroatoms. The van der Waals surface area contributed by atoms with Crippen LogP contribution in [0.15, 0.2) is 30.5 Å². The van der Waals surface area contributed by atoms with Crippen molar-refractivity contribution in [2.24, 2.45) is 0 Å². The average Bonchev–Trinajstić information content (AvgIpc) is 2.54. The molecule has 0 saturated carbocycles. The van der Waals surface area contributed by atoms with E-state index in [2.05, 4.69) is 23.7 Å². The predicted octanol–water partition coefficient (Wildman–Crippen LogP) is 3.23. The lowest BCUT2D eigenvalue weighted by Gasteiger charge is -2.32. The van der Waals surface area contributed by atoms with Crippen molar-refractivity contribution < 1.29 is 9.84 Å². The Morgan fingerprint density at radius 2 is 2.00 bits per heavy atom. The van der Waals surface area contributed by atoms with E-state index in [-0.39, 0.29) is 6.61 Å².